The number of ether oxygens (including phenoxy) is 1. The van der Waals surface area contributed by atoms with Crippen LogP contribution in [0.2, 0.25) is 0 Å². The average Bonchev–Trinajstić information content (AvgIpc) is 2.76. The summed E-state index contributed by atoms with van der Waals surface area (Å²) in [5.74, 6) is -0.163. The molecular formula is C22H23BrF3N3O3. The van der Waals surface area contributed by atoms with E-state index in [1.165, 1.54) is 30.0 Å². The maximum atomic E-state index is 13.1. The summed E-state index contributed by atoms with van der Waals surface area (Å²) in [7, 11) is 1.36. The van der Waals surface area contributed by atoms with Crippen LogP contribution >= 0.6 is 15.9 Å². The standard InChI is InChI=1S/C22H23BrF3N3O3/c1-32-21(31)17-13-5-7-14(8-6-13)18(17)28-19-20(30)29(11-16(23)27-19)10-12-3-2-4-15(9-12)22(24,25)26/h2-4,9,11,13-14,17-18H,5-8,10H2,1H3,(H,27,28)/t13?,14?,17-,18-/m0/s1. The second kappa shape index (κ2) is 8.88. The molecule has 1 aromatic carbocycles. The molecule has 1 N–H and O–H groups in total. The van der Waals surface area contributed by atoms with E-state index in [4.69, 9.17) is 4.74 Å². The molecule has 2 bridgehead atoms. The first kappa shape index (κ1) is 22.8. The van der Waals surface area contributed by atoms with Crippen LogP contribution in [-0.2, 0) is 22.3 Å². The Balaban J connectivity index is 1.63. The van der Waals surface area contributed by atoms with Crippen LogP contribution in [0.3, 0.4) is 0 Å². The van der Waals surface area contributed by atoms with E-state index in [1.54, 1.807) is 0 Å². The number of aromatic nitrogens is 2. The first-order valence-electron chi connectivity index (χ1n) is 10.4. The lowest BCUT2D eigenvalue weighted by atomic mass is 9.61. The van der Waals surface area contributed by atoms with E-state index >= 15 is 0 Å². The Morgan fingerprint density at radius 2 is 1.94 bits per heavy atom. The maximum absolute atomic E-state index is 13.1. The lowest BCUT2D eigenvalue weighted by molar-refractivity contribution is -0.152. The zero-order chi connectivity index (χ0) is 23.0. The molecule has 3 fully saturated rings. The van der Waals surface area contributed by atoms with Gasteiger partial charge in [0.15, 0.2) is 5.82 Å². The number of alkyl halides is 3. The number of anilines is 1. The summed E-state index contributed by atoms with van der Waals surface area (Å²) in [6.07, 6.45) is 0.807. The number of benzene rings is 1. The summed E-state index contributed by atoms with van der Waals surface area (Å²) in [4.78, 5) is 29.8. The van der Waals surface area contributed by atoms with Gasteiger partial charge in [-0.25, -0.2) is 4.98 Å². The number of rotatable bonds is 5. The zero-order valence-electron chi connectivity index (χ0n) is 17.4. The van der Waals surface area contributed by atoms with E-state index in [0.717, 1.165) is 37.8 Å². The van der Waals surface area contributed by atoms with Gasteiger partial charge in [0.1, 0.15) is 4.60 Å². The number of halogens is 4. The van der Waals surface area contributed by atoms with Gasteiger partial charge in [0, 0.05) is 12.2 Å². The normalized spacial score (nSPS) is 24.9. The Kier molecular flexibility index (Phi) is 6.33. The molecule has 0 unspecified atom stereocenters. The molecule has 10 heteroatoms. The van der Waals surface area contributed by atoms with Crippen molar-refractivity contribution in [2.24, 2.45) is 17.8 Å². The van der Waals surface area contributed by atoms with Gasteiger partial charge in [0.2, 0.25) is 0 Å². The van der Waals surface area contributed by atoms with Crippen molar-refractivity contribution in [1.82, 2.24) is 9.55 Å². The predicted molar refractivity (Wildman–Crippen MR) is 115 cm³/mol. The molecule has 1 heterocycles. The molecule has 0 spiro atoms. The Morgan fingerprint density at radius 1 is 1.25 bits per heavy atom. The largest absolute Gasteiger partial charge is 0.469 e. The van der Waals surface area contributed by atoms with E-state index in [2.05, 4.69) is 26.2 Å². The topological polar surface area (TPSA) is 73.2 Å². The highest BCUT2D eigenvalue weighted by Gasteiger charge is 2.48. The van der Waals surface area contributed by atoms with Gasteiger partial charge in [0.05, 0.1) is 25.1 Å². The van der Waals surface area contributed by atoms with Gasteiger partial charge in [-0.2, -0.15) is 13.2 Å². The minimum absolute atomic E-state index is 0.0459. The minimum atomic E-state index is -4.46. The van der Waals surface area contributed by atoms with Crippen LogP contribution in [0.5, 0.6) is 0 Å². The van der Waals surface area contributed by atoms with Gasteiger partial charge in [0.25, 0.3) is 5.56 Å². The van der Waals surface area contributed by atoms with E-state index in [-0.39, 0.29) is 42.1 Å². The summed E-state index contributed by atoms with van der Waals surface area (Å²) >= 11 is 3.29. The molecule has 2 atom stereocenters. The number of esters is 1. The van der Waals surface area contributed by atoms with Crippen LogP contribution in [0.1, 0.15) is 36.8 Å². The molecule has 3 aliphatic carbocycles. The summed E-state index contributed by atoms with van der Waals surface area (Å²) in [6, 6.07) is 4.61. The third-order valence-corrected chi connectivity index (χ3v) is 6.93. The van der Waals surface area contributed by atoms with Crippen LogP contribution in [0, 0.1) is 17.8 Å². The van der Waals surface area contributed by atoms with Crippen LogP contribution in [0.4, 0.5) is 19.0 Å². The summed E-state index contributed by atoms with van der Waals surface area (Å²) in [6.45, 7) is -0.0459. The van der Waals surface area contributed by atoms with Gasteiger partial charge >= 0.3 is 12.1 Å². The maximum Gasteiger partial charge on any atom is 0.416 e. The molecule has 0 radical (unpaired) electrons. The van der Waals surface area contributed by atoms with Crippen molar-refractivity contribution in [3.05, 3.63) is 56.5 Å². The van der Waals surface area contributed by atoms with Gasteiger partial charge in [-0.3, -0.25) is 9.59 Å². The quantitative estimate of drug-likeness (QED) is 0.597. The fourth-order valence-electron chi connectivity index (χ4n) is 5.05. The molecule has 0 amide bonds. The number of carbonyl (C=O) groups excluding carboxylic acids is 1. The van der Waals surface area contributed by atoms with Crippen LogP contribution in [0.25, 0.3) is 0 Å². The molecule has 0 saturated heterocycles. The highest BCUT2D eigenvalue weighted by molar-refractivity contribution is 9.10. The third-order valence-electron chi connectivity index (χ3n) is 6.55. The van der Waals surface area contributed by atoms with E-state index < -0.39 is 17.3 Å². The van der Waals surface area contributed by atoms with Crippen LogP contribution < -0.4 is 10.9 Å². The molecule has 3 aliphatic rings. The smallest absolute Gasteiger partial charge is 0.416 e. The number of nitrogens with one attached hydrogen (secondary N) is 1. The van der Waals surface area contributed by atoms with Gasteiger partial charge < -0.3 is 14.6 Å². The summed E-state index contributed by atoms with van der Waals surface area (Å²) < 4.78 is 45.8. The fraction of sp³-hybridized carbons (Fsp3) is 0.500. The van der Waals surface area contributed by atoms with E-state index in [1.807, 2.05) is 0 Å². The van der Waals surface area contributed by atoms with E-state index in [0.29, 0.717) is 10.2 Å². The Hall–Kier alpha value is -2.36. The number of nitrogens with zero attached hydrogens (tertiary/aromatic N) is 2. The first-order chi connectivity index (χ1) is 15.2. The molecule has 32 heavy (non-hydrogen) atoms. The molecule has 1 aromatic heterocycles. The predicted octanol–water partition coefficient (Wildman–Crippen LogP) is 4.46. The lowest BCUT2D eigenvalue weighted by Crippen LogP contribution is -2.52. The van der Waals surface area contributed by atoms with Crippen molar-refractivity contribution in [3.63, 3.8) is 0 Å². The minimum Gasteiger partial charge on any atom is -0.469 e. The first-order valence-corrected chi connectivity index (χ1v) is 11.2. The molecular weight excluding hydrogens is 491 g/mol. The number of carbonyl (C=O) groups is 1. The monoisotopic (exact) mass is 513 g/mol. The zero-order valence-corrected chi connectivity index (χ0v) is 18.9. The highest BCUT2D eigenvalue weighted by Crippen LogP contribution is 2.46. The van der Waals surface area contributed by atoms with Gasteiger partial charge in [-0.15, -0.1) is 0 Å². The number of hydrogen-bond acceptors (Lipinski definition) is 5. The molecule has 2 aromatic rings. The molecule has 6 nitrogen and oxygen atoms in total. The highest BCUT2D eigenvalue weighted by atomic mass is 79.9. The molecule has 3 saturated carbocycles. The summed E-state index contributed by atoms with van der Waals surface area (Å²) in [5, 5.41) is 3.19. The second-order valence-corrected chi connectivity index (χ2v) is 9.25. The number of fused-ring (bicyclic) bond motifs is 3. The Labute approximate surface area is 191 Å². The Bertz CT molecular complexity index is 1060. The SMILES string of the molecule is COC(=O)[C@H]1C2CCC(CC2)[C@@H]1Nc1nc(Br)cn(Cc2cccc(C(F)(F)F)c2)c1=O. The van der Waals surface area contributed by atoms with Gasteiger partial charge in [-0.05, 0) is 71.1 Å². The number of hydrogen-bond donors (Lipinski definition) is 1. The second-order valence-electron chi connectivity index (χ2n) is 8.44. The fourth-order valence-corrected chi connectivity index (χ4v) is 5.48. The van der Waals surface area contributed by atoms with Crippen molar-refractivity contribution in [2.75, 3.05) is 12.4 Å². The van der Waals surface area contributed by atoms with Crippen molar-refractivity contribution in [2.45, 2.75) is 44.4 Å². The van der Waals surface area contributed by atoms with Crippen LogP contribution in [-0.4, -0.2) is 28.7 Å². The van der Waals surface area contributed by atoms with Crippen molar-refractivity contribution >= 4 is 27.7 Å². The van der Waals surface area contributed by atoms with Crippen LogP contribution in [0.15, 0.2) is 39.9 Å². The molecule has 172 valence electrons. The average molecular weight is 514 g/mol. The molecule has 5 rings (SSSR count). The van der Waals surface area contributed by atoms with Crippen molar-refractivity contribution in [1.29, 1.82) is 0 Å². The molecule has 0 aliphatic heterocycles. The van der Waals surface area contributed by atoms with E-state index in [9.17, 15) is 22.8 Å². The summed E-state index contributed by atoms with van der Waals surface area (Å²) in [5.41, 5.74) is -0.889. The van der Waals surface area contributed by atoms with Gasteiger partial charge in [-0.1, -0.05) is 12.1 Å². The lowest BCUT2D eigenvalue weighted by Gasteiger charge is -2.47. The van der Waals surface area contributed by atoms with Crippen molar-refractivity contribution in [3.8, 4) is 0 Å². The van der Waals surface area contributed by atoms with Crippen molar-refractivity contribution < 1.29 is 22.7 Å². The Morgan fingerprint density at radius 3 is 2.59 bits per heavy atom. The number of methoxy groups -OCH3 is 1. The third kappa shape index (κ3) is 4.55.